The summed E-state index contributed by atoms with van der Waals surface area (Å²) in [5, 5.41) is 20.1. The molecule has 1 aromatic heterocycles. The number of carbonyl (C=O) groups is 1. The van der Waals surface area contributed by atoms with Crippen LogP contribution in [0.4, 0.5) is 5.69 Å². The van der Waals surface area contributed by atoms with Crippen LogP contribution < -0.4 is 0 Å². The maximum absolute atomic E-state index is 12.4. The number of rotatable bonds is 4. The van der Waals surface area contributed by atoms with Gasteiger partial charge in [-0.25, -0.2) is 0 Å². The first kappa shape index (κ1) is 14.3. The molecule has 0 aliphatic heterocycles. The summed E-state index contributed by atoms with van der Waals surface area (Å²) in [5.74, 6) is -1.58. The Morgan fingerprint density at radius 3 is 2.71 bits per heavy atom. The number of benzene rings is 1. The Kier molecular flexibility index (Phi) is 4.05. The smallest absolute Gasteiger partial charge is 0.273 e. The summed E-state index contributed by atoms with van der Waals surface area (Å²) in [5.41, 5.74) is 0.777. The minimum absolute atomic E-state index is 0.129. The van der Waals surface area contributed by atoms with Gasteiger partial charge in [0, 0.05) is 23.4 Å². The Morgan fingerprint density at radius 1 is 1.38 bits per heavy atom. The lowest BCUT2D eigenvalue weighted by Gasteiger charge is -2.08. The van der Waals surface area contributed by atoms with Crippen LogP contribution in [-0.4, -0.2) is 15.7 Å². The molecule has 0 saturated heterocycles. The molecule has 104 valence electrons. The van der Waals surface area contributed by atoms with Crippen molar-refractivity contribution in [2.75, 3.05) is 0 Å². The Morgan fingerprint density at radius 2 is 2.14 bits per heavy atom. The molecular formula is C15H11N3O3. The number of pyridine rings is 1. The number of aromatic nitrogens is 1. The molecular weight excluding hydrogens is 270 g/mol. The van der Waals surface area contributed by atoms with Crippen molar-refractivity contribution in [3.05, 3.63) is 69.5 Å². The summed E-state index contributed by atoms with van der Waals surface area (Å²) in [6, 6.07) is 11.0. The first-order valence-corrected chi connectivity index (χ1v) is 6.14. The third-order valence-corrected chi connectivity index (χ3v) is 3.07. The van der Waals surface area contributed by atoms with Gasteiger partial charge in [0.05, 0.1) is 16.7 Å². The monoisotopic (exact) mass is 281 g/mol. The van der Waals surface area contributed by atoms with Gasteiger partial charge < -0.3 is 0 Å². The summed E-state index contributed by atoms with van der Waals surface area (Å²) in [6.07, 6.45) is 1.49. The SMILES string of the molecule is Cc1ccc(C(=O)C(C#N)c2ccccn2)cc1[N+](=O)[O-]. The Balaban J connectivity index is 2.42. The number of nitro benzene ring substituents is 1. The van der Waals surface area contributed by atoms with Crippen LogP contribution in [0.5, 0.6) is 0 Å². The van der Waals surface area contributed by atoms with E-state index >= 15 is 0 Å². The average Bonchev–Trinajstić information content (AvgIpc) is 2.49. The van der Waals surface area contributed by atoms with Gasteiger partial charge >= 0.3 is 0 Å². The maximum atomic E-state index is 12.4. The fraction of sp³-hybridized carbons (Fsp3) is 0.133. The molecule has 1 unspecified atom stereocenters. The lowest BCUT2D eigenvalue weighted by molar-refractivity contribution is -0.385. The van der Waals surface area contributed by atoms with E-state index in [2.05, 4.69) is 4.98 Å². The standard InChI is InChI=1S/C15H11N3O3/c1-10-5-6-11(8-14(10)18(20)21)15(19)12(9-16)13-4-2-3-7-17-13/h2-8,12H,1H3. The van der Waals surface area contributed by atoms with E-state index in [1.807, 2.05) is 6.07 Å². The van der Waals surface area contributed by atoms with E-state index in [4.69, 9.17) is 0 Å². The predicted octanol–water partition coefficient (Wildman–Crippen LogP) is 2.79. The molecule has 0 amide bonds. The number of carbonyl (C=O) groups excluding carboxylic acids is 1. The molecule has 0 fully saturated rings. The predicted molar refractivity (Wildman–Crippen MR) is 74.8 cm³/mol. The van der Waals surface area contributed by atoms with Gasteiger partial charge in [-0.1, -0.05) is 18.2 Å². The molecule has 0 radical (unpaired) electrons. The lowest BCUT2D eigenvalue weighted by Crippen LogP contribution is -2.13. The largest absolute Gasteiger partial charge is 0.292 e. The fourth-order valence-corrected chi connectivity index (χ4v) is 1.93. The van der Waals surface area contributed by atoms with E-state index < -0.39 is 16.6 Å². The summed E-state index contributed by atoms with van der Waals surface area (Å²) >= 11 is 0. The van der Waals surface area contributed by atoms with Gasteiger partial charge in [0.15, 0.2) is 11.7 Å². The number of hydrogen-bond donors (Lipinski definition) is 0. The van der Waals surface area contributed by atoms with Crippen molar-refractivity contribution in [3.8, 4) is 6.07 Å². The summed E-state index contributed by atoms with van der Waals surface area (Å²) in [6.45, 7) is 1.59. The van der Waals surface area contributed by atoms with Crippen LogP contribution in [-0.2, 0) is 0 Å². The van der Waals surface area contributed by atoms with Crippen LogP contribution in [0.15, 0.2) is 42.6 Å². The summed E-state index contributed by atoms with van der Waals surface area (Å²) < 4.78 is 0. The maximum Gasteiger partial charge on any atom is 0.273 e. The number of Topliss-reactive ketones (excluding diaryl/α,β-unsaturated/α-hetero) is 1. The number of nitriles is 1. The van der Waals surface area contributed by atoms with Gasteiger partial charge in [0.25, 0.3) is 5.69 Å². The third-order valence-electron chi connectivity index (χ3n) is 3.07. The highest BCUT2D eigenvalue weighted by Gasteiger charge is 2.24. The number of nitro groups is 1. The molecule has 0 aliphatic carbocycles. The normalized spacial score (nSPS) is 11.4. The van der Waals surface area contributed by atoms with Gasteiger partial charge in [-0.15, -0.1) is 0 Å². The average molecular weight is 281 g/mol. The number of hydrogen-bond acceptors (Lipinski definition) is 5. The van der Waals surface area contributed by atoms with E-state index in [1.54, 1.807) is 25.1 Å². The molecule has 0 bridgehead atoms. The van der Waals surface area contributed by atoms with Crippen molar-refractivity contribution in [1.82, 2.24) is 4.98 Å². The van der Waals surface area contributed by atoms with Crippen LogP contribution in [0.25, 0.3) is 0 Å². The molecule has 0 saturated carbocycles. The van der Waals surface area contributed by atoms with Crippen molar-refractivity contribution in [2.45, 2.75) is 12.8 Å². The Labute approximate surface area is 120 Å². The van der Waals surface area contributed by atoms with Crippen molar-refractivity contribution in [1.29, 1.82) is 5.26 Å². The third kappa shape index (κ3) is 2.92. The van der Waals surface area contributed by atoms with Crippen LogP contribution >= 0.6 is 0 Å². The molecule has 6 nitrogen and oxygen atoms in total. The van der Waals surface area contributed by atoms with Gasteiger partial charge in [0.2, 0.25) is 0 Å². The number of ketones is 1. The highest BCUT2D eigenvalue weighted by atomic mass is 16.6. The first-order valence-electron chi connectivity index (χ1n) is 6.14. The van der Waals surface area contributed by atoms with E-state index in [0.717, 1.165) is 0 Å². The van der Waals surface area contributed by atoms with E-state index in [-0.39, 0.29) is 11.3 Å². The number of aryl methyl sites for hydroxylation is 1. The van der Waals surface area contributed by atoms with Gasteiger partial charge in [-0.3, -0.25) is 19.9 Å². The van der Waals surface area contributed by atoms with Gasteiger partial charge in [-0.05, 0) is 19.1 Å². The molecule has 1 atom stereocenters. The molecule has 2 aromatic rings. The first-order chi connectivity index (χ1) is 10.0. The zero-order valence-electron chi connectivity index (χ0n) is 11.2. The summed E-state index contributed by atoms with van der Waals surface area (Å²) in [4.78, 5) is 26.7. The Hall–Kier alpha value is -3.07. The molecule has 2 rings (SSSR count). The van der Waals surface area contributed by atoms with Crippen molar-refractivity contribution < 1.29 is 9.72 Å². The van der Waals surface area contributed by atoms with Crippen LogP contribution in [0.2, 0.25) is 0 Å². The number of nitrogens with zero attached hydrogens (tertiary/aromatic N) is 3. The molecule has 6 heteroatoms. The summed E-state index contributed by atoms with van der Waals surface area (Å²) in [7, 11) is 0. The second-order valence-electron chi connectivity index (χ2n) is 4.44. The zero-order valence-corrected chi connectivity index (χ0v) is 11.2. The quantitative estimate of drug-likeness (QED) is 0.487. The topological polar surface area (TPSA) is 96.9 Å². The van der Waals surface area contributed by atoms with E-state index in [1.165, 1.54) is 24.4 Å². The minimum Gasteiger partial charge on any atom is -0.292 e. The lowest BCUT2D eigenvalue weighted by atomic mass is 9.94. The Bertz CT molecular complexity index is 736. The van der Waals surface area contributed by atoms with Crippen LogP contribution in [0.3, 0.4) is 0 Å². The van der Waals surface area contributed by atoms with E-state index in [9.17, 15) is 20.2 Å². The van der Waals surface area contributed by atoms with Crippen molar-refractivity contribution in [2.24, 2.45) is 0 Å². The highest BCUT2D eigenvalue weighted by molar-refractivity contribution is 6.03. The van der Waals surface area contributed by atoms with Gasteiger partial charge in [0.1, 0.15) is 0 Å². The molecule has 1 aromatic carbocycles. The van der Waals surface area contributed by atoms with Crippen LogP contribution in [0.1, 0.15) is 27.5 Å². The molecule has 0 N–H and O–H groups in total. The van der Waals surface area contributed by atoms with E-state index in [0.29, 0.717) is 11.3 Å². The minimum atomic E-state index is -1.08. The molecule has 0 spiro atoms. The second kappa shape index (κ2) is 5.92. The zero-order chi connectivity index (χ0) is 15.4. The van der Waals surface area contributed by atoms with Crippen LogP contribution in [0, 0.1) is 28.4 Å². The molecule has 21 heavy (non-hydrogen) atoms. The highest BCUT2D eigenvalue weighted by Crippen LogP contribution is 2.24. The van der Waals surface area contributed by atoms with Crippen molar-refractivity contribution in [3.63, 3.8) is 0 Å². The van der Waals surface area contributed by atoms with Gasteiger partial charge in [-0.2, -0.15) is 5.26 Å². The second-order valence-corrected chi connectivity index (χ2v) is 4.44. The van der Waals surface area contributed by atoms with Crippen molar-refractivity contribution >= 4 is 11.5 Å². The molecule has 0 aliphatic rings. The fourth-order valence-electron chi connectivity index (χ4n) is 1.93. The molecule has 1 heterocycles.